The minimum Gasteiger partial charge on any atom is -0.489 e. The Kier molecular flexibility index (Phi) is 7.99. The molecule has 2 aromatic rings. The lowest BCUT2D eigenvalue weighted by Crippen LogP contribution is -2.29. The van der Waals surface area contributed by atoms with Crippen molar-refractivity contribution < 1.29 is 19.4 Å². The van der Waals surface area contributed by atoms with Crippen molar-refractivity contribution in [2.24, 2.45) is 18.9 Å². The van der Waals surface area contributed by atoms with E-state index in [-0.39, 0.29) is 24.2 Å². The van der Waals surface area contributed by atoms with Crippen molar-refractivity contribution in [3.63, 3.8) is 0 Å². The number of nitrogens with zero attached hydrogens (tertiary/aromatic N) is 4. The number of hydrogen-bond donors (Lipinski definition) is 1. The van der Waals surface area contributed by atoms with Gasteiger partial charge in [-0.15, -0.1) is 5.10 Å². The fraction of sp³-hybridized carbons (Fsp3) is 0.625. The zero-order chi connectivity index (χ0) is 23.3. The van der Waals surface area contributed by atoms with Crippen LogP contribution < -0.4 is 4.74 Å². The highest BCUT2D eigenvalue weighted by molar-refractivity contribution is 5.82. The predicted octanol–water partition coefficient (Wildman–Crippen LogP) is 4.15. The van der Waals surface area contributed by atoms with E-state index in [4.69, 9.17) is 4.74 Å². The number of carboxylic acids is 1. The number of carbonyl (C=O) groups excluding carboxylic acids is 1. The first-order valence-corrected chi connectivity index (χ1v) is 11.6. The summed E-state index contributed by atoms with van der Waals surface area (Å²) in [4.78, 5) is 28.6. The molecule has 2 heterocycles. The molecule has 3 atom stereocenters. The summed E-state index contributed by atoms with van der Waals surface area (Å²) in [5.74, 6) is 0.104. The quantitative estimate of drug-likeness (QED) is 0.589. The number of aromatic nitrogens is 4. The second-order valence-corrected chi connectivity index (χ2v) is 9.04. The smallest absolute Gasteiger partial charge is 0.306 e. The van der Waals surface area contributed by atoms with Crippen LogP contribution in [0.5, 0.6) is 5.75 Å². The zero-order valence-corrected chi connectivity index (χ0v) is 19.5. The van der Waals surface area contributed by atoms with Crippen LogP contribution in [-0.4, -0.2) is 42.9 Å². The third-order valence-corrected chi connectivity index (χ3v) is 6.21. The molecule has 1 unspecified atom stereocenters. The van der Waals surface area contributed by atoms with Gasteiger partial charge in [-0.25, -0.2) is 4.98 Å². The molecule has 1 N–H and O–H groups in total. The van der Waals surface area contributed by atoms with Crippen molar-refractivity contribution in [2.45, 2.75) is 78.2 Å². The Balaban J connectivity index is 1.72. The third-order valence-electron chi connectivity index (χ3n) is 6.21. The fourth-order valence-corrected chi connectivity index (χ4v) is 4.48. The molecule has 0 bridgehead atoms. The molecule has 174 valence electrons. The second-order valence-electron chi connectivity index (χ2n) is 9.04. The minimum atomic E-state index is -0.752. The molecule has 0 saturated heterocycles. The highest BCUT2D eigenvalue weighted by atomic mass is 16.5. The number of hydrogen-bond acceptors (Lipinski definition) is 6. The number of Topliss-reactive ketones (excluding diaryl/α,β-unsaturated/α-hetero) is 1. The van der Waals surface area contributed by atoms with Gasteiger partial charge in [-0.3, -0.25) is 14.3 Å². The number of pyridine rings is 1. The van der Waals surface area contributed by atoms with Crippen molar-refractivity contribution >= 4 is 11.8 Å². The molecule has 1 fully saturated rings. The fourth-order valence-electron chi connectivity index (χ4n) is 4.48. The van der Waals surface area contributed by atoms with Crippen molar-refractivity contribution in [2.75, 3.05) is 0 Å². The highest BCUT2D eigenvalue weighted by Crippen LogP contribution is 2.30. The summed E-state index contributed by atoms with van der Waals surface area (Å²) in [5.41, 5.74) is 2.73. The normalized spacial score (nSPS) is 19.5. The number of aryl methyl sites for hydroxylation is 2. The van der Waals surface area contributed by atoms with E-state index in [0.29, 0.717) is 48.0 Å². The molecule has 0 spiro atoms. The minimum absolute atomic E-state index is 0.119. The topological polar surface area (TPSA) is 107 Å². The highest BCUT2D eigenvalue weighted by Gasteiger charge is 2.28. The molecule has 8 heteroatoms. The molecular weight excluding hydrogens is 408 g/mol. The number of carbonyl (C=O) groups is 2. The van der Waals surface area contributed by atoms with Crippen LogP contribution in [-0.2, 0) is 23.1 Å². The van der Waals surface area contributed by atoms with Gasteiger partial charge in [-0.05, 0) is 50.7 Å². The van der Waals surface area contributed by atoms with Gasteiger partial charge in [0, 0.05) is 13.5 Å². The van der Waals surface area contributed by atoms with E-state index < -0.39 is 5.97 Å². The first kappa shape index (κ1) is 23.9. The van der Waals surface area contributed by atoms with Crippen LogP contribution in [0.25, 0.3) is 11.4 Å². The number of ether oxygens (including phenoxy) is 1. The van der Waals surface area contributed by atoms with E-state index >= 15 is 0 Å². The van der Waals surface area contributed by atoms with Gasteiger partial charge in [-0.1, -0.05) is 31.9 Å². The van der Waals surface area contributed by atoms with Gasteiger partial charge in [0.2, 0.25) is 0 Å². The van der Waals surface area contributed by atoms with Crippen molar-refractivity contribution in [3.05, 3.63) is 23.5 Å². The molecule has 3 rings (SSSR count). The summed E-state index contributed by atoms with van der Waals surface area (Å²) >= 11 is 0. The lowest BCUT2D eigenvalue weighted by molar-refractivity contribution is -0.143. The summed E-state index contributed by atoms with van der Waals surface area (Å²) in [6, 6.07) is 3.68. The monoisotopic (exact) mass is 442 g/mol. The summed E-state index contributed by atoms with van der Waals surface area (Å²) in [5, 5.41) is 17.7. The molecule has 32 heavy (non-hydrogen) atoms. The molecule has 1 aliphatic carbocycles. The summed E-state index contributed by atoms with van der Waals surface area (Å²) in [7, 11) is 1.79. The molecule has 2 aromatic heterocycles. The molecule has 1 saturated carbocycles. The lowest BCUT2D eigenvalue weighted by Gasteiger charge is -2.27. The summed E-state index contributed by atoms with van der Waals surface area (Å²) in [6.45, 7) is 6.10. The number of carboxylic acid groups (broad SMARTS) is 1. The lowest BCUT2D eigenvalue weighted by atomic mass is 9.87. The summed E-state index contributed by atoms with van der Waals surface area (Å²) in [6.07, 6.45) is 5.74. The van der Waals surface area contributed by atoms with Gasteiger partial charge in [0.1, 0.15) is 17.2 Å². The second kappa shape index (κ2) is 10.7. The van der Waals surface area contributed by atoms with Crippen LogP contribution >= 0.6 is 0 Å². The Hall–Kier alpha value is -2.77. The van der Waals surface area contributed by atoms with Crippen molar-refractivity contribution in [1.82, 2.24) is 20.0 Å². The number of rotatable bonds is 10. The van der Waals surface area contributed by atoms with Crippen LogP contribution in [0.2, 0.25) is 0 Å². The molecule has 0 amide bonds. The largest absolute Gasteiger partial charge is 0.489 e. The Bertz CT molecular complexity index is 955. The maximum absolute atomic E-state index is 12.6. The van der Waals surface area contributed by atoms with E-state index in [1.54, 1.807) is 11.7 Å². The van der Waals surface area contributed by atoms with Crippen LogP contribution in [0.15, 0.2) is 12.1 Å². The van der Waals surface area contributed by atoms with Crippen LogP contribution in [0.1, 0.15) is 70.2 Å². The van der Waals surface area contributed by atoms with Gasteiger partial charge < -0.3 is 9.84 Å². The predicted molar refractivity (Wildman–Crippen MR) is 120 cm³/mol. The van der Waals surface area contributed by atoms with Gasteiger partial charge in [-0.2, -0.15) is 0 Å². The maximum atomic E-state index is 12.6. The van der Waals surface area contributed by atoms with Crippen LogP contribution in [0.4, 0.5) is 0 Å². The molecule has 1 aliphatic rings. The van der Waals surface area contributed by atoms with Crippen LogP contribution in [0, 0.1) is 18.8 Å². The Morgan fingerprint density at radius 3 is 2.78 bits per heavy atom. The van der Waals surface area contributed by atoms with Gasteiger partial charge >= 0.3 is 5.97 Å². The van der Waals surface area contributed by atoms with Crippen LogP contribution in [0.3, 0.4) is 0 Å². The summed E-state index contributed by atoms with van der Waals surface area (Å²) < 4.78 is 7.75. The molecular formula is C24H34N4O4. The van der Waals surface area contributed by atoms with Crippen molar-refractivity contribution in [3.8, 4) is 17.1 Å². The first-order valence-electron chi connectivity index (χ1n) is 11.6. The standard InChI is InChI=1S/C24H34N4O4/c1-5-7-15(2)12-18(29)14-21-23(26-27-28(21)4)20-10-11-22(16(3)25-20)32-19-9-6-8-17(13-19)24(30)31/h10-11,15,17,19H,5-9,12-14H2,1-4H3,(H,30,31)/t15?,17-,19-/m0/s1. The van der Waals surface area contributed by atoms with E-state index in [1.165, 1.54) is 0 Å². The Labute approximate surface area is 189 Å². The van der Waals surface area contributed by atoms with Crippen molar-refractivity contribution in [1.29, 1.82) is 0 Å². The first-order chi connectivity index (χ1) is 15.3. The zero-order valence-electron chi connectivity index (χ0n) is 19.5. The van der Waals surface area contributed by atoms with Gasteiger partial charge in [0.05, 0.1) is 35.5 Å². The average Bonchev–Trinajstić information content (AvgIpc) is 3.10. The SMILES string of the molecule is CCCC(C)CC(=O)Cc1c(-c2ccc(O[C@H]3CCC[C@H](C(=O)O)C3)c(C)n2)nnn1C. The number of ketones is 1. The van der Waals surface area contributed by atoms with E-state index in [1.807, 2.05) is 19.1 Å². The van der Waals surface area contributed by atoms with E-state index in [9.17, 15) is 14.7 Å². The Morgan fingerprint density at radius 1 is 1.31 bits per heavy atom. The van der Waals surface area contributed by atoms with E-state index in [2.05, 4.69) is 29.1 Å². The molecule has 0 aliphatic heterocycles. The number of aliphatic carboxylic acids is 1. The third kappa shape index (κ3) is 5.93. The van der Waals surface area contributed by atoms with Gasteiger partial charge in [0.25, 0.3) is 0 Å². The molecule has 8 nitrogen and oxygen atoms in total. The molecule has 0 radical (unpaired) electrons. The Morgan fingerprint density at radius 2 is 2.09 bits per heavy atom. The van der Waals surface area contributed by atoms with E-state index in [0.717, 1.165) is 31.4 Å². The average molecular weight is 443 g/mol. The molecule has 0 aromatic carbocycles. The van der Waals surface area contributed by atoms with Gasteiger partial charge in [0.15, 0.2) is 0 Å². The maximum Gasteiger partial charge on any atom is 0.306 e.